The number of rotatable bonds is 2. The van der Waals surface area contributed by atoms with Crippen LogP contribution in [0.5, 0.6) is 0 Å². The minimum Gasteiger partial charge on any atom is -0.488 e. The average molecular weight is 306 g/mol. The Morgan fingerprint density at radius 1 is 1.50 bits per heavy atom. The zero-order valence-electron chi connectivity index (χ0n) is 12.8. The van der Waals surface area contributed by atoms with Crippen LogP contribution < -0.4 is 0 Å². The van der Waals surface area contributed by atoms with Gasteiger partial charge in [0.1, 0.15) is 17.5 Å². The maximum absolute atomic E-state index is 12.6. The van der Waals surface area contributed by atoms with Gasteiger partial charge in [-0.15, -0.1) is 0 Å². The molecule has 22 heavy (non-hydrogen) atoms. The maximum Gasteiger partial charge on any atom is 0.196 e. The van der Waals surface area contributed by atoms with Crippen LogP contribution in [-0.4, -0.2) is 46.5 Å². The Hall–Kier alpha value is -1.17. The zero-order chi connectivity index (χ0) is 15.7. The van der Waals surface area contributed by atoms with Crippen molar-refractivity contribution in [1.82, 2.24) is 0 Å². The largest absolute Gasteiger partial charge is 0.488 e. The molecule has 1 saturated carbocycles. The normalized spacial score (nSPS) is 46.3. The molecule has 1 saturated heterocycles. The van der Waals surface area contributed by atoms with Crippen molar-refractivity contribution in [3.8, 4) is 0 Å². The molecule has 0 amide bonds. The Bertz CT molecular complexity index is 594. The SMILES string of the molecule is C=C(CO)[C@@H]1CC[C@@]2(C)OC3=C(C[C@@H]12)C(=O)[C@]1(O)CO[C@H]3C1. The van der Waals surface area contributed by atoms with Crippen molar-refractivity contribution >= 4 is 5.78 Å². The molecule has 2 aliphatic carbocycles. The molecule has 0 aromatic heterocycles. The molecule has 5 atom stereocenters. The van der Waals surface area contributed by atoms with Gasteiger partial charge < -0.3 is 19.7 Å². The lowest BCUT2D eigenvalue weighted by atomic mass is 9.72. The van der Waals surface area contributed by atoms with Gasteiger partial charge >= 0.3 is 0 Å². The topological polar surface area (TPSA) is 76.0 Å². The van der Waals surface area contributed by atoms with Crippen molar-refractivity contribution in [3.63, 3.8) is 0 Å². The molecule has 5 nitrogen and oxygen atoms in total. The number of fused-ring (bicyclic) bond motifs is 4. The standard InChI is InChI=1S/C17H22O5/c1-9(7-18)10-3-4-16(2)12(10)5-11-14(22-16)13-6-17(20,8-21-13)15(11)19/h10,12-13,18,20H,1,3-8H2,2H3/t10-,12-,13-,16+,17+/m0/s1. The summed E-state index contributed by atoms with van der Waals surface area (Å²) in [7, 11) is 0. The molecule has 5 heteroatoms. The van der Waals surface area contributed by atoms with E-state index in [-0.39, 0.29) is 42.5 Å². The van der Waals surface area contributed by atoms with Crippen molar-refractivity contribution in [2.75, 3.05) is 13.2 Å². The van der Waals surface area contributed by atoms with E-state index in [9.17, 15) is 15.0 Å². The zero-order valence-corrected chi connectivity index (χ0v) is 12.8. The molecule has 2 bridgehead atoms. The predicted molar refractivity (Wildman–Crippen MR) is 77.9 cm³/mol. The van der Waals surface area contributed by atoms with Gasteiger partial charge in [0.2, 0.25) is 0 Å². The minimum atomic E-state index is -1.37. The van der Waals surface area contributed by atoms with E-state index in [4.69, 9.17) is 9.47 Å². The van der Waals surface area contributed by atoms with Crippen LogP contribution in [0.2, 0.25) is 0 Å². The summed E-state index contributed by atoms with van der Waals surface area (Å²) >= 11 is 0. The van der Waals surface area contributed by atoms with Gasteiger partial charge in [0.15, 0.2) is 11.4 Å². The Kier molecular flexibility index (Phi) is 2.91. The monoisotopic (exact) mass is 306 g/mol. The number of carbonyl (C=O) groups excluding carboxylic acids is 1. The highest BCUT2D eigenvalue weighted by Crippen LogP contribution is 2.55. The molecule has 0 unspecified atom stereocenters. The number of Topliss-reactive ketones (excluding diaryl/α,β-unsaturated/α-hetero) is 1. The van der Waals surface area contributed by atoms with E-state index < -0.39 is 5.60 Å². The summed E-state index contributed by atoms with van der Waals surface area (Å²) < 4.78 is 11.9. The molecular formula is C17H22O5. The Balaban J connectivity index is 1.72. The average Bonchev–Trinajstić information content (AvgIpc) is 3.02. The molecule has 0 spiro atoms. The highest BCUT2D eigenvalue weighted by Gasteiger charge is 2.59. The van der Waals surface area contributed by atoms with Gasteiger partial charge in [0, 0.05) is 17.9 Å². The summed E-state index contributed by atoms with van der Waals surface area (Å²) in [6.45, 7) is 6.07. The summed E-state index contributed by atoms with van der Waals surface area (Å²) in [5.41, 5.74) is -0.314. The van der Waals surface area contributed by atoms with Gasteiger partial charge in [-0.2, -0.15) is 0 Å². The first kappa shape index (κ1) is 14.4. The van der Waals surface area contributed by atoms with E-state index in [0.29, 0.717) is 24.2 Å². The van der Waals surface area contributed by atoms with E-state index in [0.717, 1.165) is 18.4 Å². The van der Waals surface area contributed by atoms with Crippen molar-refractivity contribution in [3.05, 3.63) is 23.5 Å². The lowest BCUT2D eigenvalue weighted by molar-refractivity contribution is -0.136. The quantitative estimate of drug-likeness (QED) is 0.747. The van der Waals surface area contributed by atoms with E-state index in [1.54, 1.807) is 0 Å². The predicted octanol–water partition coefficient (Wildman–Crippen LogP) is 1.10. The van der Waals surface area contributed by atoms with Gasteiger partial charge in [-0.05, 0) is 37.7 Å². The van der Waals surface area contributed by atoms with E-state index in [1.807, 2.05) is 0 Å². The second-order valence-corrected chi connectivity index (χ2v) is 7.39. The summed E-state index contributed by atoms with van der Waals surface area (Å²) in [4.78, 5) is 12.6. The summed E-state index contributed by atoms with van der Waals surface area (Å²) in [6.07, 6.45) is 2.37. The molecule has 2 heterocycles. The van der Waals surface area contributed by atoms with Crippen LogP contribution in [0.3, 0.4) is 0 Å². The van der Waals surface area contributed by atoms with Gasteiger partial charge in [-0.3, -0.25) is 4.79 Å². The lowest BCUT2D eigenvalue weighted by Gasteiger charge is -2.44. The first-order valence-electron chi connectivity index (χ1n) is 7.97. The van der Waals surface area contributed by atoms with Crippen LogP contribution in [0, 0.1) is 11.8 Å². The third-order valence-electron chi connectivity index (χ3n) is 6.05. The highest BCUT2D eigenvalue weighted by molar-refractivity contribution is 6.04. The number of aliphatic hydroxyl groups is 2. The van der Waals surface area contributed by atoms with Crippen LogP contribution in [0.25, 0.3) is 0 Å². The fraction of sp³-hybridized carbons (Fsp3) is 0.706. The van der Waals surface area contributed by atoms with Gasteiger partial charge in [0.25, 0.3) is 0 Å². The number of carbonyl (C=O) groups is 1. The second-order valence-electron chi connectivity index (χ2n) is 7.39. The van der Waals surface area contributed by atoms with Crippen molar-refractivity contribution < 1.29 is 24.5 Å². The first-order chi connectivity index (χ1) is 10.4. The Morgan fingerprint density at radius 3 is 3.00 bits per heavy atom. The van der Waals surface area contributed by atoms with Crippen LogP contribution in [0.15, 0.2) is 23.5 Å². The van der Waals surface area contributed by atoms with Gasteiger partial charge in [0.05, 0.1) is 13.2 Å². The molecule has 0 aromatic carbocycles. The van der Waals surface area contributed by atoms with E-state index in [1.165, 1.54) is 0 Å². The van der Waals surface area contributed by atoms with Crippen LogP contribution in [0.4, 0.5) is 0 Å². The molecule has 0 radical (unpaired) electrons. The Labute approximate surface area is 129 Å². The Morgan fingerprint density at radius 2 is 2.27 bits per heavy atom. The molecule has 4 aliphatic rings. The highest BCUT2D eigenvalue weighted by atomic mass is 16.6. The van der Waals surface area contributed by atoms with Crippen molar-refractivity contribution in [1.29, 1.82) is 0 Å². The molecule has 0 aromatic rings. The fourth-order valence-electron chi connectivity index (χ4n) is 4.71. The molecule has 2 fully saturated rings. The van der Waals surface area contributed by atoms with Crippen molar-refractivity contribution in [2.24, 2.45) is 11.8 Å². The number of ether oxygens (including phenoxy) is 2. The van der Waals surface area contributed by atoms with Crippen molar-refractivity contribution in [2.45, 2.75) is 49.9 Å². The number of hydrogen-bond acceptors (Lipinski definition) is 5. The number of hydrogen-bond donors (Lipinski definition) is 2. The minimum absolute atomic E-state index is 0.0349. The molecule has 2 aliphatic heterocycles. The van der Waals surface area contributed by atoms with E-state index >= 15 is 0 Å². The molecule has 120 valence electrons. The lowest BCUT2D eigenvalue weighted by Crippen LogP contribution is -2.49. The molecule has 4 rings (SSSR count). The smallest absolute Gasteiger partial charge is 0.196 e. The molecular weight excluding hydrogens is 284 g/mol. The fourth-order valence-corrected chi connectivity index (χ4v) is 4.71. The number of ketones is 1. The van der Waals surface area contributed by atoms with E-state index in [2.05, 4.69) is 13.5 Å². The molecule has 2 N–H and O–H groups in total. The van der Waals surface area contributed by atoms with Crippen LogP contribution in [0.1, 0.15) is 32.6 Å². The third kappa shape index (κ3) is 1.73. The summed E-state index contributed by atoms with van der Waals surface area (Å²) in [5.74, 6) is 0.683. The first-order valence-corrected chi connectivity index (χ1v) is 7.97. The summed E-state index contributed by atoms with van der Waals surface area (Å²) in [6, 6.07) is 0. The second kappa shape index (κ2) is 4.43. The number of aliphatic hydroxyl groups excluding tert-OH is 1. The van der Waals surface area contributed by atoms with Gasteiger partial charge in [-0.1, -0.05) is 6.58 Å². The van der Waals surface area contributed by atoms with Crippen LogP contribution in [-0.2, 0) is 14.3 Å². The summed E-state index contributed by atoms with van der Waals surface area (Å²) in [5, 5.41) is 19.8. The maximum atomic E-state index is 12.6. The van der Waals surface area contributed by atoms with Crippen LogP contribution >= 0.6 is 0 Å². The third-order valence-corrected chi connectivity index (χ3v) is 6.05. The van der Waals surface area contributed by atoms with Gasteiger partial charge in [-0.25, -0.2) is 0 Å².